The maximum absolute atomic E-state index is 12.7. The topological polar surface area (TPSA) is 124 Å². The van der Waals surface area contributed by atoms with Crippen molar-refractivity contribution in [3.8, 4) is 0 Å². The van der Waals surface area contributed by atoms with E-state index in [9.17, 15) is 19.5 Å². The fraction of sp³-hybridized carbons (Fsp3) is 0.875. The summed E-state index contributed by atoms with van der Waals surface area (Å²) in [4.78, 5) is 39.0. The van der Waals surface area contributed by atoms with E-state index in [1.807, 2.05) is 20.8 Å². The van der Waals surface area contributed by atoms with Crippen LogP contribution < -0.4 is 5.32 Å². The van der Waals surface area contributed by atoms with Gasteiger partial charge in [0, 0.05) is 13.1 Å². The van der Waals surface area contributed by atoms with Crippen molar-refractivity contribution in [2.24, 2.45) is 0 Å². The number of nitrogens with zero attached hydrogens (tertiary/aromatic N) is 1. The number of hydrogen-bond donors (Lipinski definition) is 2. The predicted molar refractivity (Wildman–Crippen MR) is 126 cm³/mol. The van der Waals surface area contributed by atoms with Crippen molar-refractivity contribution in [3.05, 3.63) is 0 Å². The lowest BCUT2D eigenvalue weighted by Gasteiger charge is -2.40. The first-order chi connectivity index (χ1) is 15.7. The highest BCUT2D eigenvalue weighted by Gasteiger charge is 2.39. The second-order valence-electron chi connectivity index (χ2n) is 10.3. The van der Waals surface area contributed by atoms with E-state index in [0.29, 0.717) is 13.0 Å². The van der Waals surface area contributed by atoms with Gasteiger partial charge in [-0.05, 0) is 74.8 Å². The summed E-state index contributed by atoms with van der Waals surface area (Å²) in [7, 11) is 0. The second-order valence-corrected chi connectivity index (χ2v) is 10.3. The Bertz CT molecular complexity index is 671. The minimum Gasteiger partial charge on any atom is -0.465 e. The molecule has 0 bridgehead atoms. The number of likely N-dealkylation sites (tertiary alicyclic amines) is 1. The van der Waals surface area contributed by atoms with E-state index in [1.165, 1.54) is 0 Å². The molecule has 0 amide bonds. The van der Waals surface area contributed by atoms with Gasteiger partial charge in [-0.2, -0.15) is 0 Å². The summed E-state index contributed by atoms with van der Waals surface area (Å²) in [5, 5.41) is 13.8. The van der Waals surface area contributed by atoms with Gasteiger partial charge in [0.25, 0.3) is 0 Å². The molecule has 2 N–H and O–H groups in total. The van der Waals surface area contributed by atoms with Crippen molar-refractivity contribution in [1.29, 1.82) is 0 Å². The molecule has 198 valence electrons. The standard InChI is InChI=1S/C24H44N2O8/c1-9-31-20(28)16-12-14-26(16)15-17(27)19(22(30)32-10-2)25-13-11-18(33-23(3,4)5)21(29)34-24(6,7)8/h16-19,25,27H,9-15H2,1-8H3/t16-,17?,18-,19-/m0/s1. The Balaban J connectivity index is 2.80. The van der Waals surface area contributed by atoms with Gasteiger partial charge in [-0.3, -0.25) is 14.5 Å². The normalized spacial score (nSPS) is 19.5. The molecule has 34 heavy (non-hydrogen) atoms. The molecule has 1 saturated heterocycles. The highest BCUT2D eigenvalue weighted by atomic mass is 16.6. The molecule has 0 aromatic carbocycles. The summed E-state index contributed by atoms with van der Waals surface area (Å²) in [5.41, 5.74) is -1.25. The Labute approximate surface area is 203 Å². The average Bonchev–Trinajstić information content (AvgIpc) is 2.65. The zero-order valence-electron chi connectivity index (χ0n) is 22.0. The van der Waals surface area contributed by atoms with Crippen molar-refractivity contribution in [3.63, 3.8) is 0 Å². The first-order valence-corrected chi connectivity index (χ1v) is 12.1. The molecule has 4 atom stereocenters. The van der Waals surface area contributed by atoms with Gasteiger partial charge >= 0.3 is 17.9 Å². The van der Waals surface area contributed by atoms with E-state index in [4.69, 9.17) is 18.9 Å². The Kier molecular flexibility index (Phi) is 11.9. The van der Waals surface area contributed by atoms with Gasteiger partial charge in [0.1, 0.15) is 17.7 Å². The van der Waals surface area contributed by atoms with E-state index >= 15 is 0 Å². The molecule has 0 aromatic rings. The number of carbonyl (C=O) groups is 3. The summed E-state index contributed by atoms with van der Waals surface area (Å²) < 4.78 is 21.6. The van der Waals surface area contributed by atoms with Crippen LogP contribution >= 0.6 is 0 Å². The molecule has 1 aliphatic heterocycles. The third-order valence-corrected chi connectivity index (χ3v) is 4.97. The summed E-state index contributed by atoms with van der Waals surface area (Å²) in [6, 6.07) is -1.45. The van der Waals surface area contributed by atoms with Crippen LogP contribution in [0.1, 0.15) is 68.2 Å². The number of nitrogens with one attached hydrogen (secondary N) is 1. The van der Waals surface area contributed by atoms with Crippen LogP contribution in [0.3, 0.4) is 0 Å². The first kappa shape index (κ1) is 30.3. The van der Waals surface area contributed by atoms with E-state index in [1.54, 1.807) is 39.5 Å². The van der Waals surface area contributed by atoms with Gasteiger partial charge < -0.3 is 29.4 Å². The van der Waals surface area contributed by atoms with Crippen LogP contribution in [0.5, 0.6) is 0 Å². The van der Waals surface area contributed by atoms with Crippen molar-refractivity contribution >= 4 is 17.9 Å². The molecule has 0 aromatic heterocycles. The number of rotatable bonds is 13. The van der Waals surface area contributed by atoms with Gasteiger partial charge in [-0.25, -0.2) is 4.79 Å². The highest BCUT2D eigenvalue weighted by Crippen LogP contribution is 2.20. The molecule has 1 aliphatic rings. The Morgan fingerprint density at radius 2 is 1.62 bits per heavy atom. The minimum absolute atomic E-state index is 0.105. The molecule has 0 radical (unpaired) electrons. The minimum atomic E-state index is -1.13. The molecule has 10 heteroatoms. The van der Waals surface area contributed by atoms with Gasteiger partial charge in [0.05, 0.1) is 24.9 Å². The molecule has 0 aliphatic carbocycles. The quantitative estimate of drug-likeness (QED) is 0.291. The molecule has 1 rings (SSSR count). The van der Waals surface area contributed by atoms with E-state index in [-0.39, 0.29) is 38.7 Å². The predicted octanol–water partition coefficient (Wildman–Crippen LogP) is 1.42. The molecule has 1 heterocycles. The maximum Gasteiger partial charge on any atom is 0.335 e. The molecule has 0 spiro atoms. The van der Waals surface area contributed by atoms with Crippen LogP contribution in [0.2, 0.25) is 0 Å². The number of carbonyl (C=O) groups excluding carboxylic acids is 3. The fourth-order valence-corrected chi connectivity index (χ4v) is 3.51. The SMILES string of the molecule is CCOC(=O)[C@@H](NCC[C@H](OC(C)(C)C)C(=O)OC(C)(C)C)C(O)CN1CC[C@H]1C(=O)OCC. The molecule has 0 saturated carbocycles. The van der Waals surface area contributed by atoms with Crippen LogP contribution in [0.4, 0.5) is 0 Å². The molecular weight excluding hydrogens is 444 g/mol. The van der Waals surface area contributed by atoms with Crippen molar-refractivity contribution < 1.29 is 38.4 Å². The van der Waals surface area contributed by atoms with Gasteiger partial charge in [-0.15, -0.1) is 0 Å². The molecular formula is C24H44N2O8. The monoisotopic (exact) mass is 488 g/mol. The Hall–Kier alpha value is -1.75. The molecule has 1 unspecified atom stereocenters. The van der Waals surface area contributed by atoms with Crippen LogP contribution in [0, 0.1) is 0 Å². The van der Waals surface area contributed by atoms with Crippen molar-refractivity contribution in [2.45, 2.75) is 104 Å². The van der Waals surface area contributed by atoms with Crippen LogP contribution in [-0.2, 0) is 33.3 Å². The fourth-order valence-electron chi connectivity index (χ4n) is 3.51. The number of aliphatic hydroxyl groups is 1. The summed E-state index contributed by atoms with van der Waals surface area (Å²) in [6.45, 7) is 15.7. The van der Waals surface area contributed by atoms with Crippen LogP contribution in [-0.4, -0.2) is 96.3 Å². The third kappa shape index (κ3) is 10.7. The van der Waals surface area contributed by atoms with Gasteiger partial charge in [-0.1, -0.05) is 0 Å². The zero-order valence-corrected chi connectivity index (χ0v) is 22.0. The summed E-state index contributed by atoms with van der Waals surface area (Å²) in [6.07, 6.45) is -1.11. The first-order valence-electron chi connectivity index (χ1n) is 12.1. The summed E-state index contributed by atoms with van der Waals surface area (Å²) in [5.74, 6) is -1.43. The van der Waals surface area contributed by atoms with Crippen LogP contribution in [0.25, 0.3) is 0 Å². The molecule has 1 fully saturated rings. The van der Waals surface area contributed by atoms with Gasteiger partial charge in [0.15, 0.2) is 6.10 Å². The lowest BCUT2D eigenvalue weighted by Crippen LogP contribution is -2.59. The Morgan fingerprint density at radius 3 is 2.09 bits per heavy atom. The van der Waals surface area contributed by atoms with Crippen molar-refractivity contribution in [2.75, 3.05) is 32.8 Å². The lowest BCUT2D eigenvalue weighted by molar-refractivity contribution is -0.177. The largest absolute Gasteiger partial charge is 0.465 e. The number of β-amino-alcohol motifs (C(OH)–C–C–N with tert-alkyl or cyclic N) is 1. The lowest BCUT2D eigenvalue weighted by atomic mass is 10.0. The number of ether oxygens (including phenoxy) is 4. The van der Waals surface area contributed by atoms with Crippen molar-refractivity contribution in [1.82, 2.24) is 10.2 Å². The van der Waals surface area contributed by atoms with E-state index in [0.717, 1.165) is 0 Å². The maximum atomic E-state index is 12.7. The van der Waals surface area contributed by atoms with Crippen LogP contribution in [0.15, 0.2) is 0 Å². The van der Waals surface area contributed by atoms with E-state index in [2.05, 4.69) is 5.32 Å². The molecule has 10 nitrogen and oxygen atoms in total. The Morgan fingerprint density at radius 1 is 1.00 bits per heavy atom. The smallest absolute Gasteiger partial charge is 0.335 e. The van der Waals surface area contributed by atoms with E-state index < -0.39 is 47.4 Å². The summed E-state index contributed by atoms with van der Waals surface area (Å²) >= 11 is 0. The zero-order chi connectivity index (χ0) is 26.1. The third-order valence-electron chi connectivity index (χ3n) is 4.97. The number of aliphatic hydroxyl groups excluding tert-OH is 1. The second kappa shape index (κ2) is 13.4. The van der Waals surface area contributed by atoms with Gasteiger partial charge in [0.2, 0.25) is 0 Å². The highest BCUT2D eigenvalue weighted by molar-refractivity contribution is 5.78. The average molecular weight is 489 g/mol. The number of hydrogen-bond acceptors (Lipinski definition) is 10. The number of esters is 3.